The Kier molecular flexibility index (Phi) is 3.90. The summed E-state index contributed by atoms with van der Waals surface area (Å²) in [5.41, 5.74) is -0.292. The molecule has 0 aromatic rings. The Balaban J connectivity index is 1.57. The van der Waals surface area contributed by atoms with Crippen molar-refractivity contribution in [2.45, 2.75) is 46.0 Å². The molecule has 5 nitrogen and oxygen atoms in total. The van der Waals surface area contributed by atoms with Crippen LogP contribution in [-0.4, -0.2) is 72.3 Å². The molecule has 0 bridgehead atoms. The average Bonchev–Trinajstić information content (AvgIpc) is 3.25. The lowest BCUT2D eigenvalue weighted by Gasteiger charge is -2.46. The fourth-order valence-corrected chi connectivity index (χ4v) is 5.53. The Hall–Kier alpha value is -1.10. The van der Waals surface area contributed by atoms with Crippen LogP contribution in [0.2, 0.25) is 0 Å². The van der Waals surface area contributed by atoms with Gasteiger partial charge in [0.05, 0.1) is 5.41 Å². The number of hydrogen-bond donors (Lipinski definition) is 0. The second-order valence-corrected chi connectivity index (χ2v) is 8.62. The number of piperidine rings is 1. The van der Waals surface area contributed by atoms with E-state index in [4.69, 9.17) is 0 Å². The van der Waals surface area contributed by atoms with E-state index in [2.05, 4.69) is 11.8 Å². The van der Waals surface area contributed by atoms with Gasteiger partial charge in [-0.25, -0.2) is 0 Å². The van der Waals surface area contributed by atoms with Gasteiger partial charge in [-0.1, -0.05) is 0 Å². The number of carbonyl (C=O) groups excluding carboxylic acids is 2. The van der Waals surface area contributed by atoms with Crippen molar-refractivity contribution < 1.29 is 9.59 Å². The highest BCUT2D eigenvalue weighted by Gasteiger charge is 2.65. The van der Waals surface area contributed by atoms with Crippen LogP contribution < -0.4 is 0 Å². The lowest BCUT2D eigenvalue weighted by atomic mass is 9.60. The van der Waals surface area contributed by atoms with E-state index in [-0.39, 0.29) is 16.7 Å². The van der Waals surface area contributed by atoms with Gasteiger partial charge in [0.15, 0.2) is 0 Å². The maximum Gasteiger partial charge on any atom is 0.231 e. The molecule has 4 rings (SSSR count). The van der Waals surface area contributed by atoms with Crippen LogP contribution in [0.3, 0.4) is 0 Å². The molecule has 3 heterocycles. The summed E-state index contributed by atoms with van der Waals surface area (Å²) in [5, 5.41) is 0. The lowest BCUT2D eigenvalue weighted by Crippen LogP contribution is -2.53. The van der Waals surface area contributed by atoms with Crippen molar-refractivity contribution in [1.82, 2.24) is 14.7 Å². The highest BCUT2D eigenvalue weighted by Crippen LogP contribution is 2.57. The molecule has 3 aliphatic heterocycles. The molecule has 0 radical (unpaired) electrons. The van der Waals surface area contributed by atoms with Crippen LogP contribution in [-0.2, 0) is 9.59 Å². The number of nitrogens with zero attached hydrogens (tertiary/aromatic N) is 3. The average molecular weight is 333 g/mol. The summed E-state index contributed by atoms with van der Waals surface area (Å²) >= 11 is 0. The third-order valence-electron chi connectivity index (χ3n) is 7.33. The molecule has 134 valence electrons. The van der Waals surface area contributed by atoms with Crippen molar-refractivity contribution >= 4 is 11.8 Å². The zero-order valence-corrected chi connectivity index (χ0v) is 15.2. The lowest BCUT2D eigenvalue weighted by molar-refractivity contribution is -0.142. The largest absolute Gasteiger partial charge is 0.342 e. The van der Waals surface area contributed by atoms with Gasteiger partial charge < -0.3 is 14.7 Å². The second kappa shape index (κ2) is 5.72. The first-order chi connectivity index (χ1) is 11.5. The van der Waals surface area contributed by atoms with Crippen LogP contribution in [0.1, 0.15) is 46.0 Å². The number of likely N-dealkylation sites (tertiary alicyclic amines) is 3. The number of carbonyl (C=O) groups is 2. The van der Waals surface area contributed by atoms with E-state index in [9.17, 15) is 9.59 Å². The van der Waals surface area contributed by atoms with Gasteiger partial charge in [-0.15, -0.1) is 0 Å². The van der Waals surface area contributed by atoms with Gasteiger partial charge in [0.25, 0.3) is 0 Å². The third kappa shape index (κ3) is 2.39. The molecule has 1 aliphatic carbocycles. The van der Waals surface area contributed by atoms with Crippen LogP contribution in [0.15, 0.2) is 0 Å². The van der Waals surface area contributed by atoms with Crippen LogP contribution in [0.25, 0.3) is 0 Å². The van der Waals surface area contributed by atoms with Crippen LogP contribution in [0, 0.1) is 16.7 Å². The monoisotopic (exact) mass is 333 g/mol. The van der Waals surface area contributed by atoms with E-state index in [1.807, 2.05) is 9.80 Å². The molecule has 2 amide bonds. The Bertz CT molecular complexity index is 537. The Morgan fingerprint density at radius 2 is 1.83 bits per heavy atom. The van der Waals surface area contributed by atoms with Gasteiger partial charge in [0, 0.05) is 45.1 Å². The maximum atomic E-state index is 13.2. The molecule has 5 heteroatoms. The molecular formula is C19H31N3O2. The number of rotatable bonds is 3. The summed E-state index contributed by atoms with van der Waals surface area (Å²) in [4.78, 5) is 31.9. The second-order valence-electron chi connectivity index (χ2n) is 8.62. The van der Waals surface area contributed by atoms with Gasteiger partial charge in [-0.3, -0.25) is 9.59 Å². The van der Waals surface area contributed by atoms with Crippen LogP contribution >= 0.6 is 0 Å². The number of hydrogen-bond acceptors (Lipinski definition) is 3. The molecule has 3 saturated heterocycles. The predicted octanol–water partition coefficient (Wildman–Crippen LogP) is 1.58. The zero-order valence-electron chi connectivity index (χ0n) is 15.2. The summed E-state index contributed by atoms with van der Waals surface area (Å²) in [6.45, 7) is 10.3. The minimum atomic E-state index is -0.305. The molecule has 24 heavy (non-hydrogen) atoms. The number of fused-ring (bicyclic) bond motifs is 1. The van der Waals surface area contributed by atoms with Gasteiger partial charge in [-0.2, -0.15) is 0 Å². The van der Waals surface area contributed by atoms with Gasteiger partial charge in [0.2, 0.25) is 11.8 Å². The summed E-state index contributed by atoms with van der Waals surface area (Å²) < 4.78 is 0. The van der Waals surface area contributed by atoms with E-state index in [1.165, 1.54) is 19.4 Å². The van der Waals surface area contributed by atoms with E-state index >= 15 is 0 Å². The molecular weight excluding hydrogens is 302 g/mol. The van der Waals surface area contributed by atoms with E-state index in [0.717, 1.165) is 57.9 Å². The molecule has 2 spiro atoms. The molecule has 1 atom stereocenters. The summed E-state index contributed by atoms with van der Waals surface area (Å²) in [6, 6.07) is 0. The summed E-state index contributed by atoms with van der Waals surface area (Å²) in [7, 11) is 0. The SMILES string of the molecule is CCN1CC[C@]2(CN(C(C)=O)CC23CCN(CC2CC2)CC3)C1=O. The minimum Gasteiger partial charge on any atom is -0.342 e. The molecule has 1 saturated carbocycles. The van der Waals surface area contributed by atoms with Crippen molar-refractivity contribution in [3.05, 3.63) is 0 Å². The fraction of sp³-hybridized carbons (Fsp3) is 0.895. The van der Waals surface area contributed by atoms with Gasteiger partial charge in [0.1, 0.15) is 0 Å². The van der Waals surface area contributed by atoms with Gasteiger partial charge in [-0.05, 0) is 58.0 Å². The molecule has 4 fully saturated rings. The van der Waals surface area contributed by atoms with Gasteiger partial charge >= 0.3 is 0 Å². The van der Waals surface area contributed by atoms with E-state index < -0.39 is 0 Å². The summed E-state index contributed by atoms with van der Waals surface area (Å²) in [6.07, 6.45) is 5.88. The highest BCUT2D eigenvalue weighted by atomic mass is 16.2. The Labute approximate surface area is 145 Å². The normalized spacial score (nSPS) is 33.2. The smallest absolute Gasteiger partial charge is 0.231 e. The number of amides is 2. The quantitative estimate of drug-likeness (QED) is 0.788. The molecule has 0 unspecified atom stereocenters. The first-order valence-electron chi connectivity index (χ1n) is 9.77. The summed E-state index contributed by atoms with van der Waals surface area (Å²) in [5.74, 6) is 1.38. The van der Waals surface area contributed by atoms with E-state index in [1.54, 1.807) is 6.92 Å². The topological polar surface area (TPSA) is 43.9 Å². The van der Waals surface area contributed by atoms with Crippen molar-refractivity contribution in [3.8, 4) is 0 Å². The van der Waals surface area contributed by atoms with Crippen molar-refractivity contribution in [1.29, 1.82) is 0 Å². The molecule has 0 N–H and O–H groups in total. The van der Waals surface area contributed by atoms with Crippen molar-refractivity contribution in [2.24, 2.45) is 16.7 Å². The Morgan fingerprint density at radius 1 is 1.12 bits per heavy atom. The van der Waals surface area contributed by atoms with Crippen molar-refractivity contribution in [3.63, 3.8) is 0 Å². The predicted molar refractivity (Wildman–Crippen MR) is 92.4 cm³/mol. The van der Waals surface area contributed by atoms with Crippen LogP contribution in [0.4, 0.5) is 0 Å². The third-order valence-corrected chi connectivity index (χ3v) is 7.33. The van der Waals surface area contributed by atoms with Crippen LogP contribution in [0.5, 0.6) is 0 Å². The van der Waals surface area contributed by atoms with E-state index in [0.29, 0.717) is 12.5 Å². The first kappa shape index (κ1) is 16.4. The molecule has 0 aromatic heterocycles. The minimum absolute atomic E-state index is 0.0136. The standard InChI is InChI=1S/C19H31N3O2/c1-3-21-11-8-19(17(21)24)14-22(15(2)23)13-18(19)6-9-20(10-7-18)12-16-4-5-16/h16H,3-14H2,1-2H3/t19-/m0/s1. The zero-order chi connectivity index (χ0) is 16.9. The molecule has 0 aromatic carbocycles. The highest BCUT2D eigenvalue weighted by molar-refractivity contribution is 5.88. The Morgan fingerprint density at radius 3 is 2.38 bits per heavy atom. The molecule has 4 aliphatic rings. The fourth-order valence-electron chi connectivity index (χ4n) is 5.53. The van der Waals surface area contributed by atoms with Crippen molar-refractivity contribution in [2.75, 3.05) is 45.8 Å². The maximum absolute atomic E-state index is 13.2. The first-order valence-corrected chi connectivity index (χ1v) is 9.77.